The molecule has 0 fully saturated rings. The van der Waals surface area contributed by atoms with E-state index in [0.717, 1.165) is 62.4 Å². The van der Waals surface area contributed by atoms with Crippen LogP contribution in [-0.4, -0.2) is 45.9 Å². The van der Waals surface area contributed by atoms with Crippen LogP contribution in [0.2, 0.25) is 5.02 Å². The van der Waals surface area contributed by atoms with Gasteiger partial charge in [-0.1, -0.05) is 54.1 Å². The molecule has 9 heteroatoms. The summed E-state index contributed by atoms with van der Waals surface area (Å²) in [6.07, 6.45) is 6.70. The average Bonchev–Trinajstić information content (AvgIpc) is 3.64. The zero-order valence-electron chi connectivity index (χ0n) is 20.9. The molecule has 0 aliphatic heterocycles. The quantitative estimate of drug-likeness (QED) is 0.140. The van der Waals surface area contributed by atoms with Crippen LogP contribution in [0.3, 0.4) is 0 Å². The third-order valence-corrected chi connectivity index (χ3v) is 6.67. The number of carbonyl (C=O) groups is 1. The van der Waals surface area contributed by atoms with Gasteiger partial charge in [0.1, 0.15) is 0 Å². The van der Waals surface area contributed by atoms with E-state index in [-0.39, 0.29) is 5.91 Å². The van der Waals surface area contributed by atoms with Gasteiger partial charge in [-0.15, -0.1) is 0 Å². The van der Waals surface area contributed by atoms with Crippen molar-refractivity contribution in [3.8, 4) is 22.3 Å². The standard InChI is InChI=1S/C29H30ClN7O/c30-26-13-20(7-8-24(26)21-5-2-1-3-6-21)16-31-12-9-29(38)33-11-4-10-32-27-14-22(23-17-34-35-18-23)15-28-25(27)19-36-37-28/h1-3,5-8,13-15,17-19,31-32H,4,9-12,16H2,(H,33,38)(H,34,35)(H,36,37). The Bertz CT molecular complexity index is 1480. The number of benzene rings is 3. The molecule has 0 aliphatic carbocycles. The molecule has 0 aliphatic rings. The smallest absolute Gasteiger partial charge is 0.221 e. The number of amides is 1. The molecule has 194 valence electrons. The summed E-state index contributed by atoms with van der Waals surface area (Å²) < 4.78 is 0. The number of fused-ring (bicyclic) bond motifs is 1. The summed E-state index contributed by atoms with van der Waals surface area (Å²) in [4.78, 5) is 12.2. The van der Waals surface area contributed by atoms with Gasteiger partial charge < -0.3 is 16.0 Å². The number of halogens is 1. The number of hydrogen-bond donors (Lipinski definition) is 5. The number of anilines is 1. The monoisotopic (exact) mass is 527 g/mol. The fourth-order valence-electron chi connectivity index (χ4n) is 4.36. The van der Waals surface area contributed by atoms with Crippen molar-refractivity contribution in [2.45, 2.75) is 19.4 Å². The van der Waals surface area contributed by atoms with Gasteiger partial charge in [-0.05, 0) is 41.3 Å². The Morgan fingerprint density at radius 3 is 2.61 bits per heavy atom. The summed E-state index contributed by atoms with van der Waals surface area (Å²) in [5.41, 5.74) is 7.23. The number of nitrogens with one attached hydrogen (secondary N) is 5. The highest BCUT2D eigenvalue weighted by Crippen LogP contribution is 2.30. The molecule has 5 rings (SSSR count). The first kappa shape index (κ1) is 25.5. The SMILES string of the molecule is O=C(CCNCc1ccc(-c2ccccc2)c(Cl)c1)NCCCNc1cc(-c2cn[nH]c2)cc2[nH]ncc12. The van der Waals surface area contributed by atoms with E-state index in [2.05, 4.69) is 54.5 Å². The van der Waals surface area contributed by atoms with Gasteiger partial charge in [-0.25, -0.2) is 0 Å². The number of H-pyrrole nitrogens is 2. The molecule has 0 atom stereocenters. The minimum absolute atomic E-state index is 0.0362. The molecule has 5 aromatic rings. The lowest BCUT2D eigenvalue weighted by molar-refractivity contribution is -0.120. The molecule has 1 amide bonds. The van der Waals surface area contributed by atoms with Crippen molar-refractivity contribution in [1.82, 2.24) is 31.0 Å². The molecule has 0 radical (unpaired) electrons. The largest absolute Gasteiger partial charge is 0.384 e. The van der Waals surface area contributed by atoms with E-state index in [9.17, 15) is 4.79 Å². The molecule has 0 bridgehead atoms. The van der Waals surface area contributed by atoms with E-state index in [0.29, 0.717) is 26.1 Å². The van der Waals surface area contributed by atoms with E-state index in [1.54, 1.807) is 6.20 Å². The van der Waals surface area contributed by atoms with Crippen molar-refractivity contribution < 1.29 is 4.79 Å². The molecule has 38 heavy (non-hydrogen) atoms. The Kier molecular flexibility index (Phi) is 8.32. The predicted molar refractivity (Wildman–Crippen MR) is 153 cm³/mol. The Hall–Kier alpha value is -4.14. The number of aromatic nitrogens is 4. The Morgan fingerprint density at radius 2 is 1.79 bits per heavy atom. The van der Waals surface area contributed by atoms with Crippen LogP contribution in [0, 0.1) is 0 Å². The highest BCUT2D eigenvalue weighted by molar-refractivity contribution is 6.33. The summed E-state index contributed by atoms with van der Waals surface area (Å²) in [5, 5.41) is 25.6. The van der Waals surface area contributed by atoms with Crippen LogP contribution in [0.15, 0.2) is 79.3 Å². The maximum Gasteiger partial charge on any atom is 0.221 e. The third-order valence-electron chi connectivity index (χ3n) is 6.36. The lowest BCUT2D eigenvalue weighted by Gasteiger charge is -2.11. The first-order valence-corrected chi connectivity index (χ1v) is 13.1. The van der Waals surface area contributed by atoms with E-state index >= 15 is 0 Å². The minimum atomic E-state index is 0.0362. The van der Waals surface area contributed by atoms with Crippen molar-refractivity contribution in [2.75, 3.05) is 25.0 Å². The van der Waals surface area contributed by atoms with Crippen LogP contribution < -0.4 is 16.0 Å². The molecule has 3 aromatic carbocycles. The first-order valence-electron chi connectivity index (χ1n) is 12.7. The van der Waals surface area contributed by atoms with E-state index in [1.807, 2.05) is 54.9 Å². The zero-order valence-corrected chi connectivity index (χ0v) is 21.7. The Labute approximate surface area is 226 Å². The van der Waals surface area contributed by atoms with Gasteiger partial charge in [0.05, 0.1) is 17.9 Å². The second-order valence-corrected chi connectivity index (χ2v) is 9.49. The van der Waals surface area contributed by atoms with Crippen molar-refractivity contribution in [3.63, 3.8) is 0 Å². The fourth-order valence-corrected chi connectivity index (χ4v) is 4.67. The zero-order chi connectivity index (χ0) is 26.2. The summed E-state index contributed by atoms with van der Waals surface area (Å²) >= 11 is 6.50. The van der Waals surface area contributed by atoms with E-state index < -0.39 is 0 Å². The molecular formula is C29H30ClN7O. The molecule has 0 saturated carbocycles. The van der Waals surface area contributed by atoms with Gasteiger partial charge >= 0.3 is 0 Å². The van der Waals surface area contributed by atoms with Crippen molar-refractivity contribution in [2.24, 2.45) is 0 Å². The number of carbonyl (C=O) groups excluding carboxylic acids is 1. The molecule has 0 unspecified atom stereocenters. The van der Waals surface area contributed by atoms with Crippen molar-refractivity contribution in [3.05, 3.63) is 89.8 Å². The topological polar surface area (TPSA) is 111 Å². The van der Waals surface area contributed by atoms with E-state index in [4.69, 9.17) is 11.6 Å². The number of nitrogens with zero attached hydrogens (tertiary/aromatic N) is 2. The van der Waals surface area contributed by atoms with Gasteiger partial charge in [0, 0.05) is 66.0 Å². The molecule has 0 saturated heterocycles. The molecule has 0 spiro atoms. The molecule has 2 heterocycles. The van der Waals surface area contributed by atoms with Gasteiger partial charge in [0.25, 0.3) is 0 Å². The summed E-state index contributed by atoms with van der Waals surface area (Å²) in [5.74, 6) is 0.0362. The lowest BCUT2D eigenvalue weighted by Crippen LogP contribution is -2.29. The van der Waals surface area contributed by atoms with Crippen LogP contribution in [0.1, 0.15) is 18.4 Å². The van der Waals surface area contributed by atoms with Gasteiger partial charge in [-0.2, -0.15) is 10.2 Å². The number of aromatic amines is 2. The van der Waals surface area contributed by atoms with Crippen LogP contribution in [0.5, 0.6) is 0 Å². The minimum Gasteiger partial charge on any atom is -0.384 e. The van der Waals surface area contributed by atoms with Gasteiger partial charge in [0.15, 0.2) is 0 Å². The molecule has 5 N–H and O–H groups in total. The van der Waals surface area contributed by atoms with Crippen LogP contribution in [0.25, 0.3) is 33.2 Å². The Morgan fingerprint density at radius 1 is 0.895 bits per heavy atom. The normalized spacial score (nSPS) is 11.1. The van der Waals surface area contributed by atoms with Crippen LogP contribution >= 0.6 is 11.6 Å². The summed E-state index contributed by atoms with van der Waals surface area (Å²) in [7, 11) is 0. The van der Waals surface area contributed by atoms with Crippen LogP contribution in [-0.2, 0) is 11.3 Å². The Balaban J connectivity index is 1.01. The summed E-state index contributed by atoms with van der Waals surface area (Å²) in [6.45, 7) is 2.60. The van der Waals surface area contributed by atoms with Crippen molar-refractivity contribution >= 4 is 34.1 Å². The lowest BCUT2D eigenvalue weighted by atomic mass is 10.0. The number of hydrogen-bond acceptors (Lipinski definition) is 5. The summed E-state index contributed by atoms with van der Waals surface area (Å²) in [6, 6.07) is 20.3. The molecular weight excluding hydrogens is 498 g/mol. The second-order valence-electron chi connectivity index (χ2n) is 9.08. The first-order chi connectivity index (χ1) is 18.7. The maximum absolute atomic E-state index is 12.2. The van der Waals surface area contributed by atoms with Crippen LogP contribution in [0.4, 0.5) is 5.69 Å². The highest BCUT2D eigenvalue weighted by Gasteiger charge is 2.09. The fraction of sp³-hybridized carbons (Fsp3) is 0.207. The third kappa shape index (κ3) is 6.40. The van der Waals surface area contributed by atoms with Gasteiger partial charge in [-0.3, -0.25) is 15.0 Å². The highest BCUT2D eigenvalue weighted by atomic mass is 35.5. The van der Waals surface area contributed by atoms with Gasteiger partial charge in [0.2, 0.25) is 5.91 Å². The predicted octanol–water partition coefficient (Wildman–Crippen LogP) is 5.37. The maximum atomic E-state index is 12.2. The second kappa shape index (κ2) is 12.4. The van der Waals surface area contributed by atoms with E-state index in [1.165, 1.54) is 0 Å². The molecule has 8 nitrogen and oxygen atoms in total. The average molecular weight is 528 g/mol. The molecule has 2 aromatic heterocycles. The van der Waals surface area contributed by atoms with Crippen molar-refractivity contribution in [1.29, 1.82) is 0 Å². The number of rotatable bonds is 12.